The largest absolute Gasteiger partial charge is 0.372 e. The van der Waals surface area contributed by atoms with Crippen LogP contribution in [0.3, 0.4) is 0 Å². The summed E-state index contributed by atoms with van der Waals surface area (Å²) in [5.41, 5.74) is 8.38. The van der Waals surface area contributed by atoms with E-state index in [1.807, 2.05) is 54.6 Å². The van der Waals surface area contributed by atoms with Gasteiger partial charge in [-0.3, -0.25) is 4.79 Å². The third-order valence-corrected chi connectivity index (χ3v) is 5.74. The zero-order valence-electron chi connectivity index (χ0n) is 15.7. The number of sulfonamides is 1. The highest BCUT2D eigenvalue weighted by molar-refractivity contribution is 7.89. The zero-order valence-corrected chi connectivity index (χ0v) is 16.6. The lowest BCUT2D eigenvalue weighted by Crippen LogP contribution is -2.23. The fourth-order valence-corrected chi connectivity index (χ4v) is 3.69. The van der Waals surface area contributed by atoms with Crippen LogP contribution < -0.4 is 10.5 Å². The van der Waals surface area contributed by atoms with E-state index in [-0.39, 0.29) is 17.0 Å². The Kier molecular flexibility index (Phi) is 6.77. The van der Waals surface area contributed by atoms with Crippen LogP contribution in [0, 0.1) is 0 Å². The molecule has 0 unspecified atom stereocenters. The molecule has 0 aromatic heterocycles. The quantitative estimate of drug-likeness (QED) is 0.567. The molecule has 0 saturated carbocycles. The van der Waals surface area contributed by atoms with Crippen LogP contribution >= 0.6 is 0 Å². The maximum Gasteiger partial charge on any atom is 0.248 e. The standard InChI is InChI=1S/C22H22N2O4S/c23-22(25)20-10-12-21(13-11-20)29(26,27)24-14-17-6-8-19(9-7-17)16-28-15-18-4-2-1-3-5-18/h1-13,24H,14-16H2,(H2,23,25). The van der Waals surface area contributed by atoms with E-state index in [2.05, 4.69) is 4.72 Å². The Morgan fingerprint density at radius 2 is 1.34 bits per heavy atom. The molecular weight excluding hydrogens is 388 g/mol. The Balaban J connectivity index is 1.52. The predicted molar refractivity (Wildman–Crippen MR) is 110 cm³/mol. The molecule has 3 aromatic rings. The predicted octanol–water partition coefficient (Wildman–Crippen LogP) is 2.98. The third-order valence-electron chi connectivity index (χ3n) is 4.32. The second kappa shape index (κ2) is 9.47. The Hall–Kier alpha value is -3.00. The van der Waals surface area contributed by atoms with Gasteiger partial charge in [-0.05, 0) is 41.0 Å². The topological polar surface area (TPSA) is 98.5 Å². The van der Waals surface area contributed by atoms with Crippen molar-refractivity contribution < 1.29 is 17.9 Å². The van der Waals surface area contributed by atoms with E-state index in [1.54, 1.807) is 0 Å². The van der Waals surface area contributed by atoms with Crippen molar-refractivity contribution in [2.24, 2.45) is 5.73 Å². The summed E-state index contributed by atoms with van der Waals surface area (Å²) >= 11 is 0. The van der Waals surface area contributed by atoms with Crippen LogP contribution in [-0.4, -0.2) is 14.3 Å². The lowest BCUT2D eigenvalue weighted by Gasteiger charge is -2.09. The summed E-state index contributed by atoms with van der Waals surface area (Å²) in [5.74, 6) is -0.602. The highest BCUT2D eigenvalue weighted by atomic mass is 32.2. The van der Waals surface area contributed by atoms with Crippen LogP contribution in [0.25, 0.3) is 0 Å². The number of amides is 1. The van der Waals surface area contributed by atoms with Crippen molar-refractivity contribution >= 4 is 15.9 Å². The molecule has 0 aliphatic heterocycles. The summed E-state index contributed by atoms with van der Waals surface area (Å²) in [5, 5.41) is 0. The van der Waals surface area contributed by atoms with Gasteiger partial charge in [-0.1, -0.05) is 54.6 Å². The molecule has 0 radical (unpaired) electrons. The molecule has 0 aliphatic rings. The van der Waals surface area contributed by atoms with E-state index in [0.717, 1.165) is 16.7 Å². The molecule has 6 nitrogen and oxygen atoms in total. The molecule has 0 atom stereocenters. The van der Waals surface area contributed by atoms with Crippen molar-refractivity contribution in [3.8, 4) is 0 Å². The molecule has 150 valence electrons. The highest BCUT2D eigenvalue weighted by Gasteiger charge is 2.14. The van der Waals surface area contributed by atoms with Crippen molar-refractivity contribution in [1.29, 1.82) is 0 Å². The lowest BCUT2D eigenvalue weighted by molar-refractivity contribution is 0.1000. The van der Waals surface area contributed by atoms with E-state index in [1.165, 1.54) is 24.3 Å². The van der Waals surface area contributed by atoms with E-state index >= 15 is 0 Å². The SMILES string of the molecule is NC(=O)c1ccc(S(=O)(=O)NCc2ccc(COCc3ccccc3)cc2)cc1. The van der Waals surface area contributed by atoms with Crippen molar-refractivity contribution in [3.05, 3.63) is 101 Å². The first-order valence-electron chi connectivity index (χ1n) is 9.03. The van der Waals surface area contributed by atoms with Gasteiger partial charge in [0.2, 0.25) is 15.9 Å². The fourth-order valence-electron chi connectivity index (χ4n) is 2.67. The van der Waals surface area contributed by atoms with Gasteiger partial charge in [0.05, 0.1) is 18.1 Å². The molecule has 0 bridgehead atoms. The average Bonchev–Trinajstić information content (AvgIpc) is 2.74. The van der Waals surface area contributed by atoms with Crippen LogP contribution in [0.15, 0.2) is 83.8 Å². The van der Waals surface area contributed by atoms with Gasteiger partial charge in [0.25, 0.3) is 0 Å². The maximum absolute atomic E-state index is 12.4. The van der Waals surface area contributed by atoms with Crippen molar-refractivity contribution in [2.75, 3.05) is 0 Å². The molecule has 0 aliphatic carbocycles. The number of nitrogens with two attached hydrogens (primary N) is 1. The number of rotatable bonds is 9. The van der Waals surface area contributed by atoms with Gasteiger partial charge < -0.3 is 10.5 Å². The molecule has 7 heteroatoms. The molecule has 3 aromatic carbocycles. The van der Waals surface area contributed by atoms with Gasteiger partial charge in [0, 0.05) is 12.1 Å². The van der Waals surface area contributed by atoms with Gasteiger partial charge in [-0.25, -0.2) is 13.1 Å². The van der Waals surface area contributed by atoms with Crippen molar-refractivity contribution in [1.82, 2.24) is 4.72 Å². The number of hydrogen-bond acceptors (Lipinski definition) is 4. The third kappa shape index (κ3) is 5.99. The molecule has 3 N–H and O–H groups in total. The van der Waals surface area contributed by atoms with Crippen molar-refractivity contribution in [2.45, 2.75) is 24.7 Å². The van der Waals surface area contributed by atoms with Gasteiger partial charge in [-0.15, -0.1) is 0 Å². The summed E-state index contributed by atoms with van der Waals surface area (Å²) in [6.45, 7) is 1.18. The van der Waals surface area contributed by atoms with E-state index < -0.39 is 15.9 Å². The van der Waals surface area contributed by atoms with Crippen LogP contribution in [0.1, 0.15) is 27.0 Å². The monoisotopic (exact) mass is 410 g/mol. The molecule has 3 rings (SSSR count). The minimum atomic E-state index is -3.68. The minimum Gasteiger partial charge on any atom is -0.372 e. The fraction of sp³-hybridized carbons (Fsp3) is 0.136. The Bertz CT molecular complexity index is 1050. The smallest absolute Gasteiger partial charge is 0.248 e. The summed E-state index contributed by atoms with van der Waals surface area (Å²) < 4.78 is 33.0. The van der Waals surface area contributed by atoms with Crippen LogP contribution in [0.5, 0.6) is 0 Å². The highest BCUT2D eigenvalue weighted by Crippen LogP contribution is 2.12. The summed E-state index contributed by atoms with van der Waals surface area (Å²) in [6.07, 6.45) is 0. The van der Waals surface area contributed by atoms with E-state index in [4.69, 9.17) is 10.5 Å². The number of primary amides is 1. The normalized spacial score (nSPS) is 11.3. The molecule has 1 amide bonds. The van der Waals surface area contributed by atoms with Crippen molar-refractivity contribution in [3.63, 3.8) is 0 Å². The van der Waals surface area contributed by atoms with Gasteiger partial charge in [0.15, 0.2) is 0 Å². The second-order valence-corrected chi connectivity index (χ2v) is 8.28. The second-order valence-electron chi connectivity index (χ2n) is 6.51. The van der Waals surface area contributed by atoms with Gasteiger partial charge >= 0.3 is 0 Å². The number of benzene rings is 3. The summed E-state index contributed by atoms with van der Waals surface area (Å²) in [4.78, 5) is 11.2. The lowest BCUT2D eigenvalue weighted by atomic mass is 10.1. The zero-order chi connectivity index (χ0) is 20.7. The first-order chi connectivity index (χ1) is 13.9. The molecular formula is C22H22N2O4S. The minimum absolute atomic E-state index is 0.0773. The van der Waals surface area contributed by atoms with E-state index in [9.17, 15) is 13.2 Å². The molecule has 0 fully saturated rings. The van der Waals surface area contributed by atoms with E-state index in [0.29, 0.717) is 13.2 Å². The Morgan fingerprint density at radius 3 is 1.93 bits per heavy atom. The molecule has 0 heterocycles. The van der Waals surface area contributed by atoms with Gasteiger partial charge in [-0.2, -0.15) is 0 Å². The number of nitrogens with one attached hydrogen (secondary N) is 1. The van der Waals surface area contributed by atoms with Crippen LogP contribution in [0.4, 0.5) is 0 Å². The average molecular weight is 410 g/mol. The number of ether oxygens (including phenoxy) is 1. The molecule has 29 heavy (non-hydrogen) atoms. The number of carbonyl (C=O) groups excluding carboxylic acids is 1. The van der Waals surface area contributed by atoms with Crippen LogP contribution in [-0.2, 0) is 34.5 Å². The van der Waals surface area contributed by atoms with Crippen LogP contribution in [0.2, 0.25) is 0 Å². The number of carbonyl (C=O) groups is 1. The molecule has 0 saturated heterocycles. The molecule has 0 spiro atoms. The summed E-state index contributed by atoms with van der Waals surface area (Å²) in [6, 6.07) is 23.0. The summed E-state index contributed by atoms with van der Waals surface area (Å²) in [7, 11) is -3.68. The Labute approximate surface area is 170 Å². The first kappa shape index (κ1) is 20.7. The maximum atomic E-state index is 12.4. The number of hydrogen-bond donors (Lipinski definition) is 2. The van der Waals surface area contributed by atoms with Gasteiger partial charge in [0.1, 0.15) is 0 Å². The first-order valence-corrected chi connectivity index (χ1v) is 10.5. The Morgan fingerprint density at radius 1 is 0.793 bits per heavy atom.